The molecule has 0 aliphatic rings. The van der Waals surface area contributed by atoms with E-state index in [0.29, 0.717) is 18.9 Å². The SMILES string of the molecule is COCCNC(=O)c1ccc(CSCc2ccc(C)cc2)o1. The first-order chi connectivity index (χ1) is 10.7. The van der Waals surface area contributed by atoms with E-state index in [-0.39, 0.29) is 5.91 Å². The summed E-state index contributed by atoms with van der Waals surface area (Å²) in [5.41, 5.74) is 2.56. The second kappa shape index (κ2) is 8.66. The molecule has 1 aromatic carbocycles. The van der Waals surface area contributed by atoms with Crippen LogP contribution >= 0.6 is 11.8 Å². The molecular formula is C17H21NO3S. The molecule has 22 heavy (non-hydrogen) atoms. The summed E-state index contributed by atoms with van der Waals surface area (Å²) in [4.78, 5) is 11.8. The van der Waals surface area contributed by atoms with E-state index in [9.17, 15) is 4.79 Å². The van der Waals surface area contributed by atoms with E-state index >= 15 is 0 Å². The number of amides is 1. The van der Waals surface area contributed by atoms with Crippen LogP contribution in [0.5, 0.6) is 0 Å². The van der Waals surface area contributed by atoms with Crippen molar-refractivity contribution in [3.05, 3.63) is 59.0 Å². The van der Waals surface area contributed by atoms with Crippen molar-refractivity contribution in [2.45, 2.75) is 18.4 Å². The molecule has 0 unspecified atom stereocenters. The highest BCUT2D eigenvalue weighted by molar-refractivity contribution is 7.97. The van der Waals surface area contributed by atoms with Crippen LogP contribution in [0.4, 0.5) is 0 Å². The summed E-state index contributed by atoms with van der Waals surface area (Å²) in [7, 11) is 1.60. The highest BCUT2D eigenvalue weighted by atomic mass is 32.2. The third kappa shape index (κ3) is 5.24. The van der Waals surface area contributed by atoms with Gasteiger partial charge < -0.3 is 14.5 Å². The van der Waals surface area contributed by atoms with E-state index in [2.05, 4.69) is 36.5 Å². The van der Waals surface area contributed by atoms with Gasteiger partial charge in [-0.05, 0) is 24.6 Å². The molecule has 0 saturated carbocycles. The van der Waals surface area contributed by atoms with Gasteiger partial charge in [0.15, 0.2) is 5.76 Å². The normalized spacial score (nSPS) is 10.6. The molecule has 4 nitrogen and oxygen atoms in total. The summed E-state index contributed by atoms with van der Waals surface area (Å²) in [6.07, 6.45) is 0. The third-order valence-electron chi connectivity index (χ3n) is 3.11. The van der Waals surface area contributed by atoms with Crippen LogP contribution in [0.2, 0.25) is 0 Å². The van der Waals surface area contributed by atoms with Gasteiger partial charge in [-0.3, -0.25) is 4.79 Å². The van der Waals surface area contributed by atoms with Crippen molar-refractivity contribution in [2.75, 3.05) is 20.3 Å². The van der Waals surface area contributed by atoms with E-state index in [1.807, 2.05) is 6.07 Å². The van der Waals surface area contributed by atoms with Gasteiger partial charge in [0.25, 0.3) is 5.91 Å². The number of hydrogen-bond donors (Lipinski definition) is 1. The lowest BCUT2D eigenvalue weighted by molar-refractivity contribution is 0.0908. The number of aryl methyl sites for hydroxylation is 1. The maximum Gasteiger partial charge on any atom is 0.287 e. The first kappa shape index (κ1) is 16.6. The number of nitrogens with one attached hydrogen (secondary N) is 1. The molecule has 1 amide bonds. The average Bonchev–Trinajstić information content (AvgIpc) is 2.98. The fraction of sp³-hybridized carbons (Fsp3) is 0.353. The summed E-state index contributed by atoms with van der Waals surface area (Å²) in [6.45, 7) is 3.05. The minimum Gasteiger partial charge on any atom is -0.455 e. The van der Waals surface area contributed by atoms with Gasteiger partial charge >= 0.3 is 0 Å². The van der Waals surface area contributed by atoms with Gasteiger partial charge in [-0.2, -0.15) is 0 Å². The Balaban J connectivity index is 1.77. The maximum absolute atomic E-state index is 11.8. The van der Waals surface area contributed by atoms with Crippen LogP contribution in [-0.4, -0.2) is 26.2 Å². The first-order valence-electron chi connectivity index (χ1n) is 7.18. The number of hydrogen-bond acceptors (Lipinski definition) is 4. The van der Waals surface area contributed by atoms with Gasteiger partial charge in [0, 0.05) is 19.4 Å². The minimum absolute atomic E-state index is 0.202. The van der Waals surface area contributed by atoms with Crippen molar-refractivity contribution < 1.29 is 13.9 Å². The average molecular weight is 319 g/mol. The monoisotopic (exact) mass is 319 g/mol. The zero-order chi connectivity index (χ0) is 15.8. The van der Waals surface area contributed by atoms with Crippen LogP contribution in [0.25, 0.3) is 0 Å². The Kier molecular flexibility index (Phi) is 6.55. The van der Waals surface area contributed by atoms with Gasteiger partial charge in [-0.25, -0.2) is 0 Å². The maximum atomic E-state index is 11.8. The predicted molar refractivity (Wildman–Crippen MR) is 89.1 cm³/mol. The first-order valence-corrected chi connectivity index (χ1v) is 8.33. The smallest absolute Gasteiger partial charge is 0.287 e. The van der Waals surface area contributed by atoms with E-state index in [1.165, 1.54) is 11.1 Å². The summed E-state index contributed by atoms with van der Waals surface area (Å²) < 4.78 is 10.4. The topological polar surface area (TPSA) is 51.5 Å². The summed E-state index contributed by atoms with van der Waals surface area (Å²) >= 11 is 1.77. The number of methoxy groups -OCH3 is 1. The molecule has 118 valence electrons. The Morgan fingerprint density at radius 1 is 1.18 bits per heavy atom. The van der Waals surface area contributed by atoms with Gasteiger partial charge in [0.05, 0.1) is 12.4 Å². The quantitative estimate of drug-likeness (QED) is 0.758. The van der Waals surface area contributed by atoms with Crippen molar-refractivity contribution in [2.24, 2.45) is 0 Å². The minimum atomic E-state index is -0.202. The molecule has 0 atom stereocenters. The lowest BCUT2D eigenvalue weighted by Gasteiger charge is -2.02. The summed E-state index contributed by atoms with van der Waals surface area (Å²) in [5, 5.41) is 2.74. The van der Waals surface area contributed by atoms with Crippen LogP contribution in [0.3, 0.4) is 0 Å². The van der Waals surface area contributed by atoms with Crippen LogP contribution < -0.4 is 5.32 Å². The van der Waals surface area contributed by atoms with Crippen molar-refractivity contribution >= 4 is 17.7 Å². The van der Waals surface area contributed by atoms with E-state index in [0.717, 1.165) is 17.3 Å². The second-order valence-corrected chi connectivity index (χ2v) is 5.98. The molecule has 0 spiro atoms. The van der Waals surface area contributed by atoms with Crippen LogP contribution in [0.1, 0.15) is 27.4 Å². The van der Waals surface area contributed by atoms with Crippen LogP contribution in [0, 0.1) is 6.92 Å². The Hall–Kier alpha value is -1.72. The number of rotatable bonds is 8. The second-order valence-electron chi connectivity index (χ2n) is 4.99. The summed E-state index contributed by atoms with van der Waals surface area (Å²) in [5.74, 6) is 2.64. The van der Waals surface area contributed by atoms with Crippen molar-refractivity contribution in [3.8, 4) is 0 Å². The van der Waals surface area contributed by atoms with E-state index in [4.69, 9.17) is 9.15 Å². The van der Waals surface area contributed by atoms with Gasteiger partial charge in [0.1, 0.15) is 5.76 Å². The van der Waals surface area contributed by atoms with Crippen LogP contribution in [0.15, 0.2) is 40.8 Å². The molecule has 2 aromatic rings. The molecule has 1 heterocycles. The molecule has 0 aliphatic heterocycles. The van der Waals surface area contributed by atoms with Gasteiger partial charge in [0.2, 0.25) is 0 Å². The van der Waals surface area contributed by atoms with E-state index < -0.39 is 0 Å². The molecule has 0 radical (unpaired) electrons. The fourth-order valence-corrected chi connectivity index (χ4v) is 2.77. The van der Waals surface area contributed by atoms with Crippen molar-refractivity contribution in [1.29, 1.82) is 0 Å². The molecule has 1 aromatic heterocycles. The lowest BCUT2D eigenvalue weighted by Crippen LogP contribution is -2.26. The molecule has 5 heteroatoms. The molecule has 1 N–H and O–H groups in total. The lowest BCUT2D eigenvalue weighted by atomic mass is 10.2. The van der Waals surface area contributed by atoms with Crippen molar-refractivity contribution in [1.82, 2.24) is 5.32 Å². The Labute approximate surface area is 135 Å². The third-order valence-corrected chi connectivity index (χ3v) is 4.14. The molecule has 0 fully saturated rings. The molecule has 2 rings (SSSR count). The number of carbonyl (C=O) groups excluding carboxylic acids is 1. The molecule has 0 bridgehead atoms. The number of benzene rings is 1. The Morgan fingerprint density at radius 3 is 2.68 bits per heavy atom. The number of thioether (sulfide) groups is 1. The Bertz CT molecular complexity index is 592. The number of carbonyl (C=O) groups is 1. The molecule has 0 saturated heterocycles. The van der Waals surface area contributed by atoms with Gasteiger partial charge in [-0.1, -0.05) is 29.8 Å². The zero-order valence-electron chi connectivity index (χ0n) is 12.9. The standard InChI is InChI=1S/C17H21NO3S/c1-13-3-5-14(6-4-13)11-22-12-15-7-8-16(21-15)17(19)18-9-10-20-2/h3-8H,9-12H2,1-2H3,(H,18,19). The summed E-state index contributed by atoms with van der Waals surface area (Å²) in [6, 6.07) is 12.1. The molecule has 0 aliphatic carbocycles. The largest absolute Gasteiger partial charge is 0.455 e. The Morgan fingerprint density at radius 2 is 1.95 bits per heavy atom. The highest BCUT2D eigenvalue weighted by Crippen LogP contribution is 2.20. The van der Waals surface area contributed by atoms with E-state index in [1.54, 1.807) is 24.9 Å². The zero-order valence-corrected chi connectivity index (χ0v) is 13.7. The molecular weight excluding hydrogens is 298 g/mol. The highest BCUT2D eigenvalue weighted by Gasteiger charge is 2.10. The van der Waals surface area contributed by atoms with Crippen LogP contribution in [-0.2, 0) is 16.2 Å². The predicted octanol–water partition coefficient (Wildman–Crippen LogP) is 3.40. The van der Waals surface area contributed by atoms with Gasteiger partial charge in [-0.15, -0.1) is 11.8 Å². The van der Waals surface area contributed by atoms with Crippen molar-refractivity contribution in [3.63, 3.8) is 0 Å². The number of furan rings is 1. The fourth-order valence-electron chi connectivity index (χ4n) is 1.89. The number of ether oxygens (including phenoxy) is 1.